The molecule has 10 heavy (non-hydrogen) atoms. The second-order valence-electron chi connectivity index (χ2n) is 1.82. The maximum atomic E-state index is 4.58. The molecule has 2 nitrogen and oxygen atoms in total. The Labute approximate surface area is 65.3 Å². The van der Waals surface area contributed by atoms with Gasteiger partial charge in [-0.3, -0.25) is 0 Å². The molecule has 0 saturated carbocycles. The summed E-state index contributed by atoms with van der Waals surface area (Å²) in [6, 6.07) is 9.74. The Hall–Kier alpha value is -0.510. The highest BCUT2D eigenvalue weighted by atomic mass is 32.1. The Balaban J connectivity index is 2.43. The van der Waals surface area contributed by atoms with Gasteiger partial charge < -0.3 is 0 Å². The monoisotopic (exact) mass is 156 g/mol. The molecule has 1 rings (SSSR count). The van der Waals surface area contributed by atoms with Crippen molar-refractivity contribution < 1.29 is 9.22 Å². The minimum absolute atomic E-state index is 0.435. The van der Waals surface area contributed by atoms with Crippen LogP contribution in [-0.4, -0.2) is 0 Å². The van der Waals surface area contributed by atoms with Crippen molar-refractivity contribution in [2.75, 3.05) is 0 Å². The van der Waals surface area contributed by atoms with Crippen LogP contribution in [-0.2, 0) is 15.8 Å². The van der Waals surface area contributed by atoms with Gasteiger partial charge in [0, 0.05) is 12.9 Å². The molecule has 0 atom stereocenters. The van der Waals surface area contributed by atoms with Gasteiger partial charge in [0.1, 0.15) is 6.61 Å². The molecule has 3 heteroatoms. The van der Waals surface area contributed by atoms with Crippen LogP contribution in [0.5, 0.6) is 0 Å². The van der Waals surface area contributed by atoms with E-state index in [1.165, 1.54) is 0 Å². The second-order valence-corrected chi connectivity index (χ2v) is 1.97. The zero-order valence-corrected chi connectivity index (χ0v) is 6.25. The van der Waals surface area contributed by atoms with Gasteiger partial charge in [-0.2, -0.15) is 4.33 Å². The average Bonchev–Trinajstić information content (AvgIpc) is 2.03. The lowest BCUT2D eigenvalue weighted by Gasteiger charge is -1.96. The molecule has 54 valence electrons. The van der Waals surface area contributed by atoms with Crippen molar-refractivity contribution in [2.45, 2.75) is 6.61 Å². The van der Waals surface area contributed by atoms with Crippen molar-refractivity contribution in [3.63, 3.8) is 0 Å². The highest BCUT2D eigenvalue weighted by Gasteiger charge is 1.88. The van der Waals surface area contributed by atoms with E-state index in [1.807, 2.05) is 30.3 Å². The van der Waals surface area contributed by atoms with Gasteiger partial charge in [-0.05, 0) is 5.56 Å². The van der Waals surface area contributed by atoms with Crippen LogP contribution in [0.4, 0.5) is 0 Å². The molecule has 0 bridgehead atoms. The number of rotatable bonds is 3. The second kappa shape index (κ2) is 4.33. The smallest absolute Gasteiger partial charge is 0.109 e. The zero-order valence-electron chi connectivity index (χ0n) is 5.36. The molecule has 0 saturated heterocycles. The normalized spacial score (nSPS) is 9.70. The van der Waals surface area contributed by atoms with Crippen LogP contribution in [0, 0.1) is 0 Å². The molecule has 0 aromatic heterocycles. The molecule has 1 aromatic carbocycles. The third-order valence-electron chi connectivity index (χ3n) is 1.12. The minimum Gasteiger partial charge on any atom is -0.220 e. The van der Waals surface area contributed by atoms with E-state index < -0.39 is 0 Å². The third kappa shape index (κ3) is 2.39. The van der Waals surface area contributed by atoms with Gasteiger partial charge in [0.25, 0.3) is 0 Å². The van der Waals surface area contributed by atoms with E-state index in [0.29, 0.717) is 6.61 Å². The van der Waals surface area contributed by atoms with Crippen LogP contribution >= 0.6 is 12.9 Å². The fourth-order valence-electron chi connectivity index (χ4n) is 0.669. The maximum absolute atomic E-state index is 4.58. The first kappa shape index (κ1) is 7.60. The van der Waals surface area contributed by atoms with Gasteiger partial charge in [-0.1, -0.05) is 30.3 Å². The van der Waals surface area contributed by atoms with Crippen LogP contribution in [0.15, 0.2) is 30.3 Å². The Bertz CT molecular complexity index is 176. The summed E-state index contributed by atoms with van der Waals surface area (Å²) in [7, 11) is 0. The number of hydrogen-bond acceptors (Lipinski definition) is 3. The molecule has 0 spiro atoms. The average molecular weight is 156 g/mol. The van der Waals surface area contributed by atoms with Crippen LogP contribution in [0.3, 0.4) is 0 Å². The SMILES string of the molecule is SOOCc1ccccc1. The summed E-state index contributed by atoms with van der Waals surface area (Å²) in [6.45, 7) is 0.435. The van der Waals surface area contributed by atoms with E-state index >= 15 is 0 Å². The summed E-state index contributed by atoms with van der Waals surface area (Å²) in [5.41, 5.74) is 1.07. The van der Waals surface area contributed by atoms with Gasteiger partial charge in [-0.15, -0.1) is 0 Å². The highest BCUT2D eigenvalue weighted by Crippen LogP contribution is 2.00. The third-order valence-corrected chi connectivity index (χ3v) is 1.23. The molecule has 0 heterocycles. The summed E-state index contributed by atoms with van der Waals surface area (Å²) >= 11 is 3.43. The summed E-state index contributed by atoms with van der Waals surface area (Å²) < 4.78 is 4.14. The van der Waals surface area contributed by atoms with Crippen molar-refractivity contribution in [1.29, 1.82) is 0 Å². The Morgan fingerprint density at radius 1 is 1.20 bits per heavy atom. The lowest BCUT2D eigenvalue weighted by Crippen LogP contribution is -1.86. The molecule has 0 radical (unpaired) electrons. The molecular formula is C7H8O2S. The van der Waals surface area contributed by atoms with Crippen LogP contribution in [0.25, 0.3) is 0 Å². The van der Waals surface area contributed by atoms with Crippen LogP contribution in [0.1, 0.15) is 5.56 Å². The summed E-state index contributed by atoms with van der Waals surface area (Å²) in [6.07, 6.45) is 0. The van der Waals surface area contributed by atoms with Crippen molar-refractivity contribution in [3.05, 3.63) is 35.9 Å². The van der Waals surface area contributed by atoms with Crippen molar-refractivity contribution in [2.24, 2.45) is 0 Å². The minimum atomic E-state index is 0.435. The van der Waals surface area contributed by atoms with E-state index in [0.717, 1.165) is 5.56 Å². The predicted octanol–water partition coefficient (Wildman–Crippen LogP) is 1.98. The van der Waals surface area contributed by atoms with E-state index in [9.17, 15) is 0 Å². The predicted molar refractivity (Wildman–Crippen MR) is 41.3 cm³/mol. The molecule has 1 aromatic rings. The van der Waals surface area contributed by atoms with Crippen LogP contribution < -0.4 is 0 Å². The Morgan fingerprint density at radius 3 is 2.50 bits per heavy atom. The number of hydrogen-bond donors (Lipinski definition) is 1. The molecule has 0 unspecified atom stereocenters. The maximum Gasteiger partial charge on any atom is 0.109 e. The van der Waals surface area contributed by atoms with Crippen molar-refractivity contribution in [1.82, 2.24) is 0 Å². The fourth-order valence-corrected chi connectivity index (χ4v) is 0.721. The molecule has 0 N–H and O–H groups in total. The van der Waals surface area contributed by atoms with Gasteiger partial charge in [0.15, 0.2) is 0 Å². The zero-order chi connectivity index (χ0) is 7.23. The van der Waals surface area contributed by atoms with Crippen molar-refractivity contribution in [3.8, 4) is 0 Å². The molecule has 0 amide bonds. The lowest BCUT2D eigenvalue weighted by molar-refractivity contribution is -0.199. The topological polar surface area (TPSA) is 18.5 Å². The van der Waals surface area contributed by atoms with Gasteiger partial charge in [0.05, 0.1) is 0 Å². The largest absolute Gasteiger partial charge is 0.220 e. The molecular weight excluding hydrogens is 148 g/mol. The molecule has 0 aliphatic heterocycles. The van der Waals surface area contributed by atoms with Gasteiger partial charge >= 0.3 is 0 Å². The van der Waals surface area contributed by atoms with Crippen molar-refractivity contribution >= 4 is 12.9 Å². The first-order valence-electron chi connectivity index (χ1n) is 2.90. The van der Waals surface area contributed by atoms with E-state index in [-0.39, 0.29) is 0 Å². The number of thiol groups is 1. The number of benzene rings is 1. The highest BCUT2D eigenvalue weighted by molar-refractivity contribution is 7.74. The summed E-state index contributed by atoms with van der Waals surface area (Å²) in [4.78, 5) is 4.58. The summed E-state index contributed by atoms with van der Waals surface area (Å²) in [5.74, 6) is 0. The summed E-state index contributed by atoms with van der Waals surface area (Å²) in [5, 5.41) is 0. The lowest BCUT2D eigenvalue weighted by atomic mass is 10.2. The van der Waals surface area contributed by atoms with Gasteiger partial charge in [-0.25, -0.2) is 4.89 Å². The van der Waals surface area contributed by atoms with E-state index in [4.69, 9.17) is 0 Å². The standard InChI is InChI=1S/C7H8O2S/c10-9-8-6-7-4-2-1-3-5-7/h1-5,10H,6H2. The van der Waals surface area contributed by atoms with E-state index in [2.05, 4.69) is 22.1 Å². The van der Waals surface area contributed by atoms with Gasteiger partial charge in [0.2, 0.25) is 0 Å². The Morgan fingerprint density at radius 2 is 1.90 bits per heavy atom. The Kier molecular flexibility index (Phi) is 3.29. The quantitative estimate of drug-likeness (QED) is 0.312. The first-order chi connectivity index (χ1) is 4.93. The van der Waals surface area contributed by atoms with E-state index in [1.54, 1.807) is 0 Å². The first-order valence-corrected chi connectivity index (χ1v) is 3.27. The molecule has 0 aliphatic rings. The molecule has 0 fully saturated rings. The fraction of sp³-hybridized carbons (Fsp3) is 0.143. The van der Waals surface area contributed by atoms with Crippen LogP contribution in [0.2, 0.25) is 0 Å². The molecule has 0 aliphatic carbocycles.